The quantitative estimate of drug-likeness (QED) is 0.730. The Morgan fingerprint density at radius 1 is 1.05 bits per heavy atom. The standard InChI is InChI=1S/C17H20N2/c1-5-9-11-14(7-3)16-13-18-19-17(16)15(8-4)12-10-6-2/h5-13H,1-2H2,3-4H3,(H,18,19)/b11-9-,12-10-,14-7+,15-8+. The van der Waals surface area contributed by atoms with Gasteiger partial charge in [0.15, 0.2) is 0 Å². The van der Waals surface area contributed by atoms with E-state index in [1.165, 1.54) is 0 Å². The molecule has 0 radical (unpaired) electrons. The van der Waals surface area contributed by atoms with Crippen LogP contribution in [0.1, 0.15) is 25.1 Å². The molecular weight excluding hydrogens is 232 g/mol. The summed E-state index contributed by atoms with van der Waals surface area (Å²) in [6.07, 6.45) is 17.3. The largest absolute Gasteiger partial charge is 0.277 e. The number of H-pyrrole nitrogens is 1. The Kier molecular flexibility index (Phi) is 6.10. The second-order valence-electron chi connectivity index (χ2n) is 3.84. The number of aromatic nitrogens is 2. The molecule has 1 aromatic rings. The van der Waals surface area contributed by atoms with Gasteiger partial charge in [-0.15, -0.1) is 0 Å². The number of aromatic amines is 1. The Morgan fingerprint density at radius 3 is 2.16 bits per heavy atom. The smallest absolute Gasteiger partial charge is 0.0725 e. The fourth-order valence-corrected chi connectivity index (χ4v) is 1.73. The highest BCUT2D eigenvalue weighted by molar-refractivity contribution is 5.84. The zero-order valence-electron chi connectivity index (χ0n) is 11.6. The van der Waals surface area contributed by atoms with Gasteiger partial charge in [-0.3, -0.25) is 5.10 Å². The molecule has 2 nitrogen and oxygen atoms in total. The van der Waals surface area contributed by atoms with Crippen LogP contribution in [0, 0.1) is 0 Å². The molecule has 0 aliphatic carbocycles. The third-order valence-electron chi connectivity index (χ3n) is 2.68. The number of allylic oxidation sites excluding steroid dienone is 10. The molecule has 0 atom stereocenters. The van der Waals surface area contributed by atoms with E-state index in [1.807, 2.05) is 50.4 Å². The van der Waals surface area contributed by atoms with E-state index in [0.717, 1.165) is 22.4 Å². The number of nitrogens with zero attached hydrogens (tertiary/aromatic N) is 1. The van der Waals surface area contributed by atoms with E-state index < -0.39 is 0 Å². The second kappa shape index (κ2) is 7.88. The van der Waals surface area contributed by atoms with Crippen LogP contribution >= 0.6 is 0 Å². The second-order valence-corrected chi connectivity index (χ2v) is 3.84. The third-order valence-corrected chi connectivity index (χ3v) is 2.68. The van der Waals surface area contributed by atoms with Crippen molar-refractivity contribution in [1.29, 1.82) is 0 Å². The molecule has 0 amide bonds. The predicted octanol–water partition coefficient (Wildman–Crippen LogP) is 4.70. The lowest BCUT2D eigenvalue weighted by Gasteiger charge is -2.04. The van der Waals surface area contributed by atoms with Gasteiger partial charge >= 0.3 is 0 Å². The van der Waals surface area contributed by atoms with Crippen molar-refractivity contribution in [3.8, 4) is 0 Å². The molecule has 98 valence electrons. The van der Waals surface area contributed by atoms with Crippen molar-refractivity contribution in [2.45, 2.75) is 13.8 Å². The van der Waals surface area contributed by atoms with E-state index in [0.29, 0.717) is 0 Å². The zero-order valence-corrected chi connectivity index (χ0v) is 11.6. The summed E-state index contributed by atoms with van der Waals surface area (Å²) in [4.78, 5) is 0. The van der Waals surface area contributed by atoms with E-state index in [2.05, 4.69) is 29.4 Å². The molecule has 1 N–H and O–H groups in total. The Balaban J connectivity index is 3.22. The molecule has 1 rings (SSSR count). The van der Waals surface area contributed by atoms with Crippen molar-refractivity contribution in [1.82, 2.24) is 10.2 Å². The molecule has 19 heavy (non-hydrogen) atoms. The summed E-state index contributed by atoms with van der Waals surface area (Å²) in [5.41, 5.74) is 4.26. The van der Waals surface area contributed by atoms with Crippen LogP contribution in [0.2, 0.25) is 0 Å². The van der Waals surface area contributed by atoms with E-state index in [-0.39, 0.29) is 0 Å². The van der Waals surface area contributed by atoms with Crippen LogP contribution in [-0.2, 0) is 0 Å². The summed E-state index contributed by atoms with van der Waals surface area (Å²) in [5, 5.41) is 7.20. The zero-order chi connectivity index (χ0) is 14.1. The van der Waals surface area contributed by atoms with Crippen molar-refractivity contribution >= 4 is 11.1 Å². The van der Waals surface area contributed by atoms with Gasteiger partial charge in [0.05, 0.1) is 11.9 Å². The molecule has 0 bridgehead atoms. The lowest BCUT2D eigenvalue weighted by atomic mass is 10.0. The van der Waals surface area contributed by atoms with Gasteiger partial charge in [-0.05, 0) is 25.0 Å². The van der Waals surface area contributed by atoms with Crippen molar-refractivity contribution < 1.29 is 0 Å². The van der Waals surface area contributed by atoms with Gasteiger partial charge < -0.3 is 0 Å². The Morgan fingerprint density at radius 2 is 1.63 bits per heavy atom. The molecular formula is C17H20N2. The number of hydrogen-bond acceptors (Lipinski definition) is 1. The van der Waals surface area contributed by atoms with E-state index in [1.54, 1.807) is 12.2 Å². The maximum absolute atomic E-state index is 4.15. The summed E-state index contributed by atoms with van der Waals surface area (Å²) in [5.74, 6) is 0. The van der Waals surface area contributed by atoms with Crippen LogP contribution in [0.25, 0.3) is 11.1 Å². The van der Waals surface area contributed by atoms with Gasteiger partial charge in [0.25, 0.3) is 0 Å². The highest BCUT2D eigenvalue weighted by Crippen LogP contribution is 2.25. The van der Waals surface area contributed by atoms with Crippen LogP contribution in [0.4, 0.5) is 0 Å². The lowest BCUT2D eigenvalue weighted by Crippen LogP contribution is -1.88. The summed E-state index contributed by atoms with van der Waals surface area (Å²) in [7, 11) is 0. The van der Waals surface area contributed by atoms with E-state index in [9.17, 15) is 0 Å². The summed E-state index contributed by atoms with van der Waals surface area (Å²) < 4.78 is 0. The molecule has 0 aromatic carbocycles. The molecule has 0 saturated carbocycles. The van der Waals surface area contributed by atoms with Crippen molar-refractivity contribution in [3.05, 3.63) is 79.2 Å². The van der Waals surface area contributed by atoms with Crippen LogP contribution < -0.4 is 0 Å². The first-order valence-electron chi connectivity index (χ1n) is 6.23. The van der Waals surface area contributed by atoms with Crippen LogP contribution in [0.15, 0.2) is 68.0 Å². The lowest BCUT2D eigenvalue weighted by molar-refractivity contribution is 1.07. The number of hydrogen-bond donors (Lipinski definition) is 1. The average Bonchev–Trinajstić information content (AvgIpc) is 2.90. The first kappa shape index (κ1) is 14.7. The third kappa shape index (κ3) is 3.81. The van der Waals surface area contributed by atoms with Gasteiger partial charge in [-0.25, -0.2) is 0 Å². The van der Waals surface area contributed by atoms with Crippen LogP contribution in [0.3, 0.4) is 0 Å². The van der Waals surface area contributed by atoms with E-state index in [4.69, 9.17) is 0 Å². The maximum Gasteiger partial charge on any atom is 0.0725 e. The minimum atomic E-state index is 1.00. The van der Waals surface area contributed by atoms with Gasteiger partial charge in [0, 0.05) is 5.56 Å². The van der Waals surface area contributed by atoms with Crippen molar-refractivity contribution in [2.24, 2.45) is 0 Å². The molecule has 0 unspecified atom stereocenters. The monoisotopic (exact) mass is 252 g/mol. The molecule has 0 aliphatic rings. The topological polar surface area (TPSA) is 28.7 Å². The summed E-state index contributed by atoms with van der Waals surface area (Å²) in [6, 6.07) is 0. The minimum absolute atomic E-state index is 1.00. The van der Waals surface area contributed by atoms with E-state index >= 15 is 0 Å². The molecule has 1 aromatic heterocycles. The molecule has 0 saturated heterocycles. The molecule has 0 fully saturated rings. The maximum atomic E-state index is 4.15. The SMILES string of the molecule is C=C/C=C\C(=C/C)c1cn[nH]c1C(/C=C\C=C)=C/C. The Hall–Kier alpha value is -2.35. The van der Waals surface area contributed by atoms with Crippen molar-refractivity contribution in [3.63, 3.8) is 0 Å². The predicted molar refractivity (Wildman–Crippen MR) is 84.6 cm³/mol. The first-order chi connectivity index (χ1) is 9.28. The van der Waals surface area contributed by atoms with Crippen molar-refractivity contribution in [2.75, 3.05) is 0 Å². The van der Waals surface area contributed by atoms with Gasteiger partial charge in [0.1, 0.15) is 0 Å². The fraction of sp³-hybridized carbons (Fsp3) is 0.118. The highest BCUT2D eigenvalue weighted by Gasteiger charge is 2.09. The minimum Gasteiger partial charge on any atom is -0.277 e. The van der Waals surface area contributed by atoms with Crippen LogP contribution in [-0.4, -0.2) is 10.2 Å². The molecule has 0 aliphatic heterocycles. The van der Waals surface area contributed by atoms with Gasteiger partial charge in [-0.1, -0.05) is 61.8 Å². The molecule has 0 spiro atoms. The Labute approximate surface area is 115 Å². The average molecular weight is 252 g/mol. The number of rotatable bonds is 6. The molecule has 1 heterocycles. The van der Waals surface area contributed by atoms with Gasteiger partial charge in [0.2, 0.25) is 0 Å². The highest BCUT2D eigenvalue weighted by atomic mass is 15.1. The van der Waals surface area contributed by atoms with Gasteiger partial charge in [-0.2, -0.15) is 5.10 Å². The Bertz CT molecular complexity index is 503. The summed E-state index contributed by atoms with van der Waals surface area (Å²) in [6.45, 7) is 11.4. The molecule has 2 heteroatoms. The first-order valence-corrected chi connectivity index (χ1v) is 6.23. The van der Waals surface area contributed by atoms with Crippen LogP contribution in [0.5, 0.6) is 0 Å². The number of nitrogens with one attached hydrogen (secondary N) is 1. The normalized spacial score (nSPS) is 13.4. The fourth-order valence-electron chi connectivity index (χ4n) is 1.73. The summed E-state index contributed by atoms with van der Waals surface area (Å²) >= 11 is 0.